The molecule has 1 heterocycles. The molecule has 1 aromatic heterocycles. The predicted octanol–water partition coefficient (Wildman–Crippen LogP) is 2.94. The minimum Gasteiger partial charge on any atom is -0.338 e. The molecule has 0 unspecified atom stereocenters. The van der Waals surface area contributed by atoms with Gasteiger partial charge in [0.1, 0.15) is 5.82 Å². The Kier molecular flexibility index (Phi) is 2.87. The topological polar surface area (TPSA) is 62.8 Å². The lowest BCUT2D eigenvalue weighted by Crippen LogP contribution is -1.96. The Balaban J connectivity index is 2.19. The zero-order valence-corrected chi connectivity index (χ0v) is 12.0. The monoisotopic (exact) mass is 286 g/mol. The van der Waals surface area contributed by atoms with Gasteiger partial charge >= 0.3 is 0 Å². The molecule has 20 heavy (non-hydrogen) atoms. The number of aryl methyl sites for hydroxylation is 1. The first kappa shape index (κ1) is 12.9. The summed E-state index contributed by atoms with van der Waals surface area (Å²) < 4.78 is 23.1. The van der Waals surface area contributed by atoms with Gasteiger partial charge in [-0.3, -0.25) is 0 Å². The Bertz CT molecular complexity index is 895. The molecule has 2 aromatic carbocycles. The highest BCUT2D eigenvalue weighted by Crippen LogP contribution is 2.24. The average Bonchev–Trinajstić information content (AvgIpc) is 2.80. The first-order valence-electron chi connectivity index (χ1n) is 6.21. The highest BCUT2D eigenvalue weighted by molar-refractivity contribution is 7.90. The van der Waals surface area contributed by atoms with Crippen molar-refractivity contribution < 1.29 is 8.42 Å². The summed E-state index contributed by atoms with van der Waals surface area (Å²) in [6.07, 6.45) is 1.20. The molecule has 0 aliphatic heterocycles. The lowest BCUT2D eigenvalue weighted by atomic mass is 10.1. The van der Waals surface area contributed by atoms with Crippen molar-refractivity contribution in [3.63, 3.8) is 0 Å². The van der Waals surface area contributed by atoms with Crippen LogP contribution in [-0.4, -0.2) is 24.6 Å². The van der Waals surface area contributed by atoms with Gasteiger partial charge in [-0.25, -0.2) is 13.4 Å². The van der Waals surface area contributed by atoms with Crippen LogP contribution in [0.5, 0.6) is 0 Å². The maximum atomic E-state index is 11.6. The van der Waals surface area contributed by atoms with E-state index in [4.69, 9.17) is 0 Å². The summed E-state index contributed by atoms with van der Waals surface area (Å²) in [4.78, 5) is 8.00. The van der Waals surface area contributed by atoms with Crippen LogP contribution in [-0.2, 0) is 9.84 Å². The molecule has 0 fully saturated rings. The van der Waals surface area contributed by atoms with Gasteiger partial charge in [0.2, 0.25) is 0 Å². The van der Waals surface area contributed by atoms with Crippen LogP contribution in [0, 0.1) is 6.92 Å². The van der Waals surface area contributed by atoms with E-state index in [0.29, 0.717) is 4.90 Å². The van der Waals surface area contributed by atoms with Gasteiger partial charge in [0.05, 0.1) is 15.9 Å². The molecule has 3 rings (SSSR count). The number of sulfone groups is 1. The van der Waals surface area contributed by atoms with E-state index >= 15 is 0 Å². The maximum absolute atomic E-state index is 11.6. The summed E-state index contributed by atoms with van der Waals surface area (Å²) in [5.74, 6) is 0.753. The van der Waals surface area contributed by atoms with Crippen LogP contribution in [0.3, 0.4) is 0 Å². The van der Waals surface area contributed by atoms with Crippen LogP contribution in [0.4, 0.5) is 0 Å². The number of nitrogens with one attached hydrogen (secondary N) is 1. The number of fused-ring (bicyclic) bond motifs is 1. The predicted molar refractivity (Wildman–Crippen MR) is 79.4 cm³/mol. The fourth-order valence-electron chi connectivity index (χ4n) is 2.19. The Morgan fingerprint density at radius 1 is 1.10 bits per heavy atom. The van der Waals surface area contributed by atoms with E-state index in [1.807, 2.05) is 31.2 Å². The largest absolute Gasteiger partial charge is 0.338 e. The number of H-pyrrole nitrogens is 1. The van der Waals surface area contributed by atoms with E-state index in [-0.39, 0.29) is 0 Å². The second-order valence-electron chi connectivity index (χ2n) is 4.85. The zero-order valence-electron chi connectivity index (χ0n) is 11.2. The molecule has 0 spiro atoms. The fraction of sp³-hybridized carbons (Fsp3) is 0.133. The molecule has 0 atom stereocenters. The average molecular weight is 286 g/mol. The molecule has 0 aliphatic carbocycles. The molecule has 0 amide bonds. The molecule has 102 valence electrons. The highest BCUT2D eigenvalue weighted by Gasteiger charge is 2.11. The summed E-state index contributed by atoms with van der Waals surface area (Å²) >= 11 is 0. The number of rotatable bonds is 2. The van der Waals surface area contributed by atoms with Crippen molar-refractivity contribution in [1.29, 1.82) is 0 Å². The zero-order chi connectivity index (χ0) is 14.3. The lowest BCUT2D eigenvalue weighted by molar-refractivity contribution is 0.602. The van der Waals surface area contributed by atoms with Crippen molar-refractivity contribution in [3.05, 3.63) is 48.0 Å². The number of aromatic amines is 1. The van der Waals surface area contributed by atoms with E-state index in [1.54, 1.807) is 18.2 Å². The molecule has 0 bridgehead atoms. The van der Waals surface area contributed by atoms with Crippen molar-refractivity contribution in [2.75, 3.05) is 6.26 Å². The first-order chi connectivity index (χ1) is 9.45. The Morgan fingerprint density at radius 2 is 1.85 bits per heavy atom. The molecule has 0 radical (unpaired) electrons. The minimum absolute atomic E-state index is 0.296. The van der Waals surface area contributed by atoms with Crippen LogP contribution in [0.2, 0.25) is 0 Å². The Labute approximate surface area is 117 Å². The summed E-state index contributed by atoms with van der Waals surface area (Å²) in [6.45, 7) is 2.02. The van der Waals surface area contributed by atoms with Gasteiger partial charge in [0.25, 0.3) is 0 Å². The standard InChI is InChI=1S/C15H14N2O2S/c1-10-5-3-4-6-12(10)15-16-13-8-7-11(20(2,18)19)9-14(13)17-15/h3-9H,1-2H3,(H,16,17). The summed E-state index contributed by atoms with van der Waals surface area (Å²) in [7, 11) is -3.21. The van der Waals surface area contributed by atoms with Crippen LogP contribution in [0.15, 0.2) is 47.4 Å². The second kappa shape index (κ2) is 4.45. The number of hydrogen-bond acceptors (Lipinski definition) is 3. The molecular formula is C15H14N2O2S. The number of nitrogens with zero attached hydrogens (tertiary/aromatic N) is 1. The number of benzene rings is 2. The van der Waals surface area contributed by atoms with Crippen molar-refractivity contribution in [1.82, 2.24) is 9.97 Å². The van der Waals surface area contributed by atoms with Gasteiger partial charge in [-0.05, 0) is 30.7 Å². The molecular weight excluding hydrogens is 272 g/mol. The van der Waals surface area contributed by atoms with Crippen LogP contribution < -0.4 is 0 Å². The molecule has 0 saturated carbocycles. The molecule has 1 N–H and O–H groups in total. The molecule has 4 nitrogen and oxygen atoms in total. The smallest absolute Gasteiger partial charge is 0.175 e. The first-order valence-corrected chi connectivity index (χ1v) is 8.10. The SMILES string of the molecule is Cc1ccccc1-c1nc2ccc(S(C)(=O)=O)cc2[nH]1. The van der Waals surface area contributed by atoms with Crippen molar-refractivity contribution in [3.8, 4) is 11.4 Å². The second-order valence-corrected chi connectivity index (χ2v) is 6.87. The Morgan fingerprint density at radius 3 is 2.55 bits per heavy atom. The molecule has 0 saturated heterocycles. The number of hydrogen-bond donors (Lipinski definition) is 1. The fourth-order valence-corrected chi connectivity index (χ4v) is 2.83. The minimum atomic E-state index is -3.21. The summed E-state index contributed by atoms with van der Waals surface area (Å²) in [5.41, 5.74) is 3.63. The lowest BCUT2D eigenvalue weighted by Gasteiger charge is -2.00. The van der Waals surface area contributed by atoms with Crippen molar-refractivity contribution >= 4 is 20.9 Å². The van der Waals surface area contributed by atoms with E-state index in [1.165, 1.54) is 6.26 Å². The van der Waals surface area contributed by atoms with E-state index in [2.05, 4.69) is 9.97 Å². The van der Waals surface area contributed by atoms with Crippen LogP contribution in [0.1, 0.15) is 5.56 Å². The van der Waals surface area contributed by atoms with Crippen molar-refractivity contribution in [2.45, 2.75) is 11.8 Å². The normalized spacial score (nSPS) is 11.9. The van der Waals surface area contributed by atoms with E-state index < -0.39 is 9.84 Å². The van der Waals surface area contributed by atoms with Gasteiger partial charge < -0.3 is 4.98 Å². The van der Waals surface area contributed by atoms with Gasteiger partial charge in [0.15, 0.2) is 9.84 Å². The molecule has 0 aliphatic rings. The van der Waals surface area contributed by atoms with Gasteiger partial charge in [-0.1, -0.05) is 24.3 Å². The van der Waals surface area contributed by atoms with Gasteiger partial charge in [-0.15, -0.1) is 0 Å². The van der Waals surface area contributed by atoms with E-state index in [9.17, 15) is 8.42 Å². The third-order valence-electron chi connectivity index (χ3n) is 3.28. The van der Waals surface area contributed by atoms with Gasteiger partial charge in [0, 0.05) is 11.8 Å². The van der Waals surface area contributed by atoms with Gasteiger partial charge in [-0.2, -0.15) is 0 Å². The highest BCUT2D eigenvalue weighted by atomic mass is 32.2. The summed E-state index contributed by atoms with van der Waals surface area (Å²) in [6, 6.07) is 12.9. The molecule has 3 aromatic rings. The third-order valence-corrected chi connectivity index (χ3v) is 4.39. The third kappa shape index (κ3) is 2.20. The number of aromatic nitrogens is 2. The Hall–Kier alpha value is -2.14. The van der Waals surface area contributed by atoms with Crippen LogP contribution in [0.25, 0.3) is 22.4 Å². The van der Waals surface area contributed by atoms with E-state index in [0.717, 1.165) is 28.0 Å². The quantitative estimate of drug-likeness (QED) is 0.787. The summed E-state index contributed by atoms with van der Waals surface area (Å²) in [5, 5.41) is 0. The molecule has 5 heteroatoms. The number of imidazole rings is 1. The van der Waals surface area contributed by atoms with Crippen molar-refractivity contribution in [2.24, 2.45) is 0 Å². The maximum Gasteiger partial charge on any atom is 0.175 e. The van der Waals surface area contributed by atoms with Crippen LogP contribution >= 0.6 is 0 Å².